The van der Waals surface area contributed by atoms with E-state index >= 15 is 0 Å². The Hall–Kier alpha value is -3.35. The molecule has 0 radical (unpaired) electrons. The van der Waals surface area contributed by atoms with E-state index in [0.717, 1.165) is 37.8 Å². The maximum Gasteiger partial charge on any atom is 0.253 e. The first-order valence-electron chi connectivity index (χ1n) is 10.6. The van der Waals surface area contributed by atoms with Crippen molar-refractivity contribution >= 4 is 28.5 Å². The number of aromatic nitrogens is 2. The van der Waals surface area contributed by atoms with Crippen molar-refractivity contribution in [2.75, 3.05) is 11.4 Å². The fourth-order valence-electron chi connectivity index (χ4n) is 4.91. The van der Waals surface area contributed by atoms with E-state index in [2.05, 4.69) is 15.3 Å². The Balaban J connectivity index is 1.25. The minimum absolute atomic E-state index is 0.0257. The number of hydrogen-bond acceptors (Lipinski definition) is 4. The SMILES string of the molecule is O=C(N[C@H]1CC[C@@]2(CCN(c3ccc(F)cc3)C2=O)CC1)c1cccc2nccnc12. The second-order valence-electron chi connectivity index (χ2n) is 8.44. The molecular formula is C24H23FN4O2. The fourth-order valence-corrected chi connectivity index (χ4v) is 4.91. The van der Waals surface area contributed by atoms with Gasteiger partial charge in [-0.15, -0.1) is 0 Å². The van der Waals surface area contributed by atoms with Crippen molar-refractivity contribution in [2.45, 2.75) is 38.1 Å². The average molecular weight is 418 g/mol. The third-order valence-corrected chi connectivity index (χ3v) is 6.67. The smallest absolute Gasteiger partial charge is 0.253 e. The van der Waals surface area contributed by atoms with E-state index in [1.54, 1.807) is 35.5 Å². The molecule has 1 N–H and O–H groups in total. The summed E-state index contributed by atoms with van der Waals surface area (Å²) < 4.78 is 13.2. The van der Waals surface area contributed by atoms with Gasteiger partial charge >= 0.3 is 0 Å². The van der Waals surface area contributed by atoms with Crippen LogP contribution in [0.4, 0.5) is 10.1 Å². The Morgan fingerprint density at radius 1 is 1.03 bits per heavy atom. The molecule has 0 atom stereocenters. The van der Waals surface area contributed by atoms with E-state index in [1.165, 1.54) is 12.1 Å². The zero-order valence-electron chi connectivity index (χ0n) is 17.1. The summed E-state index contributed by atoms with van der Waals surface area (Å²) in [4.78, 5) is 36.4. The van der Waals surface area contributed by atoms with Crippen molar-refractivity contribution in [3.8, 4) is 0 Å². The van der Waals surface area contributed by atoms with Gasteiger partial charge in [0.05, 0.1) is 16.5 Å². The molecule has 3 aromatic rings. The second-order valence-corrected chi connectivity index (χ2v) is 8.44. The number of fused-ring (bicyclic) bond motifs is 1. The van der Waals surface area contributed by atoms with Crippen molar-refractivity contribution in [1.82, 2.24) is 15.3 Å². The summed E-state index contributed by atoms with van der Waals surface area (Å²) in [6.45, 7) is 0.649. The molecule has 2 aromatic carbocycles. The van der Waals surface area contributed by atoms with Gasteiger partial charge in [0.25, 0.3) is 5.91 Å². The van der Waals surface area contributed by atoms with Gasteiger partial charge in [-0.3, -0.25) is 19.6 Å². The average Bonchev–Trinajstić information content (AvgIpc) is 3.11. The molecule has 2 aliphatic rings. The Bertz CT molecular complexity index is 1130. The Morgan fingerprint density at radius 2 is 1.77 bits per heavy atom. The molecule has 5 rings (SSSR count). The first-order valence-corrected chi connectivity index (χ1v) is 10.6. The first kappa shape index (κ1) is 19.6. The molecule has 158 valence electrons. The van der Waals surface area contributed by atoms with Crippen molar-refractivity contribution in [1.29, 1.82) is 0 Å². The lowest BCUT2D eigenvalue weighted by Gasteiger charge is -2.36. The molecule has 1 aliphatic heterocycles. The predicted octanol–water partition coefficient (Wildman–Crippen LogP) is 3.86. The molecule has 0 bridgehead atoms. The summed E-state index contributed by atoms with van der Waals surface area (Å²) in [5.41, 5.74) is 2.17. The lowest BCUT2D eigenvalue weighted by molar-refractivity contribution is -0.127. The summed E-state index contributed by atoms with van der Waals surface area (Å²) in [6, 6.07) is 11.5. The maximum absolute atomic E-state index is 13.2. The van der Waals surface area contributed by atoms with Crippen molar-refractivity contribution in [2.24, 2.45) is 5.41 Å². The predicted molar refractivity (Wildman–Crippen MR) is 115 cm³/mol. The van der Waals surface area contributed by atoms with E-state index in [9.17, 15) is 14.0 Å². The van der Waals surface area contributed by atoms with Crippen LogP contribution in [0.25, 0.3) is 11.0 Å². The normalized spacial score (nSPS) is 23.5. The number of nitrogens with zero attached hydrogens (tertiary/aromatic N) is 3. The minimum Gasteiger partial charge on any atom is -0.349 e. The molecular weight excluding hydrogens is 395 g/mol. The van der Waals surface area contributed by atoms with E-state index in [4.69, 9.17) is 0 Å². The summed E-state index contributed by atoms with van der Waals surface area (Å²) in [7, 11) is 0. The van der Waals surface area contributed by atoms with Gasteiger partial charge < -0.3 is 10.2 Å². The second kappa shape index (κ2) is 7.72. The summed E-state index contributed by atoms with van der Waals surface area (Å²) in [5, 5.41) is 3.12. The molecule has 2 amide bonds. The number of para-hydroxylation sites is 1. The zero-order valence-corrected chi connectivity index (χ0v) is 17.1. The molecule has 6 nitrogen and oxygen atoms in total. The van der Waals surface area contributed by atoms with Crippen LogP contribution >= 0.6 is 0 Å². The van der Waals surface area contributed by atoms with Crippen molar-refractivity contribution < 1.29 is 14.0 Å². The van der Waals surface area contributed by atoms with E-state index in [-0.39, 0.29) is 29.1 Å². The van der Waals surface area contributed by atoms with Crippen LogP contribution in [0.2, 0.25) is 0 Å². The van der Waals surface area contributed by atoms with Crippen molar-refractivity contribution in [3.63, 3.8) is 0 Å². The van der Waals surface area contributed by atoms with Crippen LogP contribution in [0.1, 0.15) is 42.5 Å². The van der Waals surface area contributed by atoms with Gasteiger partial charge in [-0.2, -0.15) is 0 Å². The number of nitrogens with one attached hydrogen (secondary N) is 1. The largest absolute Gasteiger partial charge is 0.349 e. The molecule has 1 aliphatic carbocycles. The third-order valence-electron chi connectivity index (χ3n) is 6.67. The Kier molecular flexibility index (Phi) is 4.88. The number of anilines is 1. The Morgan fingerprint density at radius 3 is 2.55 bits per heavy atom. The van der Waals surface area contributed by atoms with Crippen LogP contribution in [-0.2, 0) is 4.79 Å². The van der Waals surface area contributed by atoms with Gasteiger partial charge in [-0.05, 0) is 68.5 Å². The van der Waals surface area contributed by atoms with Gasteiger partial charge in [-0.25, -0.2) is 4.39 Å². The highest BCUT2D eigenvalue weighted by Gasteiger charge is 2.48. The topological polar surface area (TPSA) is 75.2 Å². The molecule has 1 aromatic heterocycles. The zero-order chi connectivity index (χ0) is 21.4. The monoisotopic (exact) mass is 418 g/mol. The van der Waals surface area contributed by atoms with Crippen LogP contribution in [0, 0.1) is 11.2 Å². The molecule has 0 unspecified atom stereocenters. The van der Waals surface area contributed by atoms with E-state index < -0.39 is 0 Å². The lowest BCUT2D eigenvalue weighted by Crippen LogP contribution is -2.44. The number of halogens is 1. The van der Waals surface area contributed by atoms with Crippen molar-refractivity contribution in [3.05, 3.63) is 66.2 Å². The molecule has 1 saturated heterocycles. The summed E-state index contributed by atoms with van der Waals surface area (Å²) in [5.74, 6) is -0.343. The van der Waals surface area contributed by atoms with Gasteiger partial charge in [0.1, 0.15) is 11.3 Å². The number of carbonyl (C=O) groups is 2. The Labute approximate surface area is 179 Å². The number of rotatable bonds is 3. The highest BCUT2D eigenvalue weighted by Crippen LogP contribution is 2.46. The number of hydrogen-bond donors (Lipinski definition) is 1. The summed E-state index contributed by atoms with van der Waals surface area (Å²) in [6.07, 6.45) is 6.98. The van der Waals surface area contributed by atoms with Gasteiger partial charge in [-0.1, -0.05) is 6.07 Å². The van der Waals surface area contributed by atoms with Crippen LogP contribution in [0.5, 0.6) is 0 Å². The third kappa shape index (κ3) is 3.54. The first-order chi connectivity index (χ1) is 15.1. The molecule has 31 heavy (non-hydrogen) atoms. The standard InChI is InChI=1S/C24H23FN4O2/c25-16-4-6-18(7-5-16)29-15-12-24(23(29)31)10-8-17(9-11-24)28-22(30)19-2-1-3-20-21(19)27-14-13-26-20/h1-7,13-14,17H,8-12,15H2,(H,28,30)/t17-,24-. The van der Waals surface area contributed by atoms with Crippen LogP contribution < -0.4 is 10.2 Å². The van der Waals surface area contributed by atoms with Crippen LogP contribution in [0.3, 0.4) is 0 Å². The quantitative estimate of drug-likeness (QED) is 0.701. The van der Waals surface area contributed by atoms with Gasteiger partial charge in [0.15, 0.2) is 0 Å². The number of carbonyl (C=O) groups excluding carboxylic acids is 2. The minimum atomic E-state index is -0.374. The molecule has 1 saturated carbocycles. The lowest BCUT2D eigenvalue weighted by atomic mass is 9.71. The van der Waals surface area contributed by atoms with E-state index in [0.29, 0.717) is 23.1 Å². The number of amides is 2. The fraction of sp³-hybridized carbons (Fsp3) is 0.333. The van der Waals surface area contributed by atoms with Gasteiger partial charge in [0, 0.05) is 30.7 Å². The molecule has 2 heterocycles. The number of benzene rings is 2. The molecule has 2 fully saturated rings. The highest BCUT2D eigenvalue weighted by atomic mass is 19.1. The molecule has 7 heteroatoms. The van der Waals surface area contributed by atoms with Gasteiger partial charge in [0.2, 0.25) is 5.91 Å². The maximum atomic E-state index is 13.2. The van der Waals surface area contributed by atoms with Crippen LogP contribution in [-0.4, -0.2) is 34.4 Å². The van der Waals surface area contributed by atoms with Crippen LogP contribution in [0.15, 0.2) is 54.9 Å². The summed E-state index contributed by atoms with van der Waals surface area (Å²) >= 11 is 0. The van der Waals surface area contributed by atoms with E-state index in [1.807, 2.05) is 12.1 Å². The molecule has 1 spiro atoms. The highest BCUT2D eigenvalue weighted by molar-refractivity contribution is 6.04.